The van der Waals surface area contributed by atoms with Gasteiger partial charge in [0.15, 0.2) is 11.5 Å². The summed E-state index contributed by atoms with van der Waals surface area (Å²) >= 11 is 0. The van der Waals surface area contributed by atoms with Crippen LogP contribution in [0.15, 0.2) is 42.5 Å². The molecular formula is C21H22N2O5. The van der Waals surface area contributed by atoms with E-state index in [1.165, 1.54) is 0 Å². The third-order valence-electron chi connectivity index (χ3n) is 5.09. The van der Waals surface area contributed by atoms with Crippen LogP contribution in [0.25, 0.3) is 0 Å². The Balaban J connectivity index is 1.34. The van der Waals surface area contributed by atoms with Gasteiger partial charge in [0.2, 0.25) is 6.79 Å². The van der Waals surface area contributed by atoms with Crippen molar-refractivity contribution in [1.29, 1.82) is 0 Å². The summed E-state index contributed by atoms with van der Waals surface area (Å²) in [7, 11) is 1.56. The molecule has 146 valence electrons. The zero-order valence-electron chi connectivity index (χ0n) is 15.6. The SMILES string of the molecule is COc1ccccc1C(=O)N1CCC(NC(=O)c2ccc3c(c2)OCO3)CC1. The van der Waals surface area contributed by atoms with Gasteiger partial charge in [-0.15, -0.1) is 0 Å². The zero-order chi connectivity index (χ0) is 19.5. The van der Waals surface area contributed by atoms with E-state index in [1.807, 2.05) is 12.1 Å². The number of fused-ring (bicyclic) bond motifs is 1. The first kappa shape index (κ1) is 18.2. The molecule has 4 rings (SSSR count). The van der Waals surface area contributed by atoms with E-state index < -0.39 is 0 Å². The highest BCUT2D eigenvalue weighted by molar-refractivity contribution is 5.97. The highest BCUT2D eigenvalue weighted by Crippen LogP contribution is 2.32. The fourth-order valence-corrected chi connectivity index (χ4v) is 3.53. The quantitative estimate of drug-likeness (QED) is 0.879. The Labute approximate surface area is 163 Å². The van der Waals surface area contributed by atoms with Crippen LogP contribution >= 0.6 is 0 Å². The molecule has 2 aromatic carbocycles. The third-order valence-corrected chi connectivity index (χ3v) is 5.09. The maximum Gasteiger partial charge on any atom is 0.257 e. The molecule has 2 aliphatic rings. The van der Waals surface area contributed by atoms with Crippen molar-refractivity contribution in [1.82, 2.24) is 10.2 Å². The molecule has 7 heteroatoms. The molecule has 0 atom stereocenters. The van der Waals surface area contributed by atoms with Gasteiger partial charge in [0.25, 0.3) is 11.8 Å². The number of carbonyl (C=O) groups is 2. The molecule has 0 spiro atoms. The van der Waals surface area contributed by atoms with Crippen LogP contribution in [0.1, 0.15) is 33.6 Å². The van der Waals surface area contributed by atoms with Crippen LogP contribution in [0.3, 0.4) is 0 Å². The Morgan fingerprint density at radius 2 is 1.82 bits per heavy atom. The van der Waals surface area contributed by atoms with Crippen LogP contribution in [-0.2, 0) is 0 Å². The Morgan fingerprint density at radius 1 is 1.07 bits per heavy atom. The van der Waals surface area contributed by atoms with E-state index in [0.29, 0.717) is 54.3 Å². The minimum absolute atomic E-state index is 0.0274. The van der Waals surface area contributed by atoms with E-state index in [9.17, 15) is 9.59 Å². The number of nitrogens with one attached hydrogen (secondary N) is 1. The molecule has 28 heavy (non-hydrogen) atoms. The zero-order valence-corrected chi connectivity index (χ0v) is 15.6. The summed E-state index contributed by atoms with van der Waals surface area (Å²) in [6.07, 6.45) is 1.41. The molecule has 2 amide bonds. The lowest BCUT2D eigenvalue weighted by atomic mass is 10.0. The number of piperidine rings is 1. The average molecular weight is 382 g/mol. The second kappa shape index (κ2) is 7.80. The summed E-state index contributed by atoms with van der Waals surface area (Å²) in [4.78, 5) is 27.1. The number of likely N-dealkylation sites (tertiary alicyclic amines) is 1. The lowest BCUT2D eigenvalue weighted by molar-refractivity contribution is 0.0695. The van der Waals surface area contributed by atoms with Crippen molar-refractivity contribution in [3.05, 3.63) is 53.6 Å². The number of nitrogens with zero attached hydrogens (tertiary/aromatic N) is 1. The van der Waals surface area contributed by atoms with E-state index in [4.69, 9.17) is 14.2 Å². The lowest BCUT2D eigenvalue weighted by Crippen LogP contribution is -2.46. The fourth-order valence-electron chi connectivity index (χ4n) is 3.53. The van der Waals surface area contributed by atoms with Gasteiger partial charge in [-0.3, -0.25) is 9.59 Å². The summed E-state index contributed by atoms with van der Waals surface area (Å²) in [5.41, 5.74) is 1.10. The maximum atomic E-state index is 12.8. The number of carbonyl (C=O) groups excluding carboxylic acids is 2. The molecule has 7 nitrogen and oxygen atoms in total. The van der Waals surface area contributed by atoms with E-state index >= 15 is 0 Å². The molecule has 0 saturated carbocycles. The van der Waals surface area contributed by atoms with Gasteiger partial charge < -0.3 is 24.4 Å². The van der Waals surface area contributed by atoms with Gasteiger partial charge in [0, 0.05) is 24.7 Å². The molecule has 1 saturated heterocycles. The predicted molar refractivity (Wildman–Crippen MR) is 102 cm³/mol. The van der Waals surface area contributed by atoms with Crippen LogP contribution in [0.5, 0.6) is 17.2 Å². The number of hydrogen-bond acceptors (Lipinski definition) is 5. The predicted octanol–water partition coefficient (Wildman–Crippen LogP) is 2.46. The minimum atomic E-state index is -0.146. The van der Waals surface area contributed by atoms with Gasteiger partial charge in [-0.05, 0) is 43.2 Å². The summed E-state index contributed by atoms with van der Waals surface area (Å²) in [5.74, 6) is 1.63. The van der Waals surface area contributed by atoms with E-state index in [0.717, 1.165) is 0 Å². The first-order chi connectivity index (χ1) is 13.7. The normalized spacial score (nSPS) is 16.0. The van der Waals surface area contributed by atoms with Crippen LogP contribution in [0.4, 0.5) is 0 Å². The Kier molecular flexibility index (Phi) is 5.06. The monoisotopic (exact) mass is 382 g/mol. The van der Waals surface area contributed by atoms with Crippen molar-refractivity contribution in [2.45, 2.75) is 18.9 Å². The first-order valence-corrected chi connectivity index (χ1v) is 9.28. The minimum Gasteiger partial charge on any atom is -0.496 e. The Morgan fingerprint density at radius 3 is 2.61 bits per heavy atom. The van der Waals surface area contributed by atoms with E-state index in [2.05, 4.69) is 5.32 Å². The summed E-state index contributed by atoms with van der Waals surface area (Å²) < 4.78 is 15.9. The number of benzene rings is 2. The van der Waals surface area contributed by atoms with Gasteiger partial charge in [0.05, 0.1) is 12.7 Å². The second-order valence-corrected chi connectivity index (χ2v) is 6.81. The molecule has 2 aliphatic heterocycles. The number of ether oxygens (including phenoxy) is 3. The van der Waals surface area contributed by atoms with Crippen molar-refractivity contribution >= 4 is 11.8 Å². The van der Waals surface area contributed by atoms with Crippen LogP contribution in [0.2, 0.25) is 0 Å². The second-order valence-electron chi connectivity index (χ2n) is 6.81. The van der Waals surface area contributed by atoms with Crippen molar-refractivity contribution in [2.24, 2.45) is 0 Å². The number of amides is 2. The molecule has 0 radical (unpaired) electrons. The van der Waals surface area contributed by atoms with Crippen LogP contribution in [0, 0.1) is 0 Å². The van der Waals surface area contributed by atoms with Crippen LogP contribution < -0.4 is 19.5 Å². The standard InChI is InChI=1S/C21H22N2O5/c1-26-17-5-3-2-4-16(17)21(25)23-10-8-15(9-11-23)22-20(24)14-6-7-18-19(12-14)28-13-27-18/h2-7,12,15H,8-11,13H2,1H3,(H,22,24). The van der Waals surface area contributed by atoms with E-state index in [-0.39, 0.29) is 24.6 Å². The largest absolute Gasteiger partial charge is 0.496 e. The molecule has 0 aromatic heterocycles. The number of methoxy groups -OCH3 is 1. The van der Waals surface area contributed by atoms with Gasteiger partial charge in [-0.2, -0.15) is 0 Å². The van der Waals surface area contributed by atoms with Crippen molar-refractivity contribution in [2.75, 3.05) is 27.0 Å². The molecule has 2 aromatic rings. The van der Waals surface area contributed by atoms with Crippen molar-refractivity contribution < 1.29 is 23.8 Å². The van der Waals surface area contributed by atoms with Gasteiger partial charge in [-0.25, -0.2) is 0 Å². The first-order valence-electron chi connectivity index (χ1n) is 9.28. The Hall–Kier alpha value is -3.22. The fraction of sp³-hybridized carbons (Fsp3) is 0.333. The maximum absolute atomic E-state index is 12.8. The van der Waals surface area contributed by atoms with Crippen molar-refractivity contribution in [3.8, 4) is 17.2 Å². The van der Waals surface area contributed by atoms with E-state index in [1.54, 1.807) is 42.3 Å². The average Bonchev–Trinajstić information content (AvgIpc) is 3.21. The van der Waals surface area contributed by atoms with Crippen molar-refractivity contribution in [3.63, 3.8) is 0 Å². The highest BCUT2D eigenvalue weighted by atomic mass is 16.7. The van der Waals surface area contributed by atoms with Crippen LogP contribution in [-0.4, -0.2) is 49.7 Å². The molecule has 0 unspecified atom stereocenters. The van der Waals surface area contributed by atoms with Gasteiger partial charge in [-0.1, -0.05) is 12.1 Å². The number of hydrogen-bond donors (Lipinski definition) is 1. The third kappa shape index (κ3) is 3.60. The highest BCUT2D eigenvalue weighted by Gasteiger charge is 2.26. The molecule has 0 aliphatic carbocycles. The lowest BCUT2D eigenvalue weighted by Gasteiger charge is -2.32. The molecule has 2 heterocycles. The molecule has 0 bridgehead atoms. The number of para-hydroxylation sites is 1. The molecule has 1 fully saturated rings. The topological polar surface area (TPSA) is 77.1 Å². The summed E-state index contributed by atoms with van der Waals surface area (Å²) in [6.45, 7) is 1.35. The Bertz CT molecular complexity index is 890. The molecule has 1 N–H and O–H groups in total. The van der Waals surface area contributed by atoms with Gasteiger partial charge >= 0.3 is 0 Å². The molecular weight excluding hydrogens is 360 g/mol. The smallest absolute Gasteiger partial charge is 0.257 e. The summed E-state index contributed by atoms with van der Waals surface area (Å²) in [6, 6.07) is 12.4. The summed E-state index contributed by atoms with van der Waals surface area (Å²) in [5, 5.41) is 3.05. The van der Waals surface area contributed by atoms with Gasteiger partial charge in [0.1, 0.15) is 5.75 Å². The number of rotatable bonds is 4.